The van der Waals surface area contributed by atoms with Gasteiger partial charge in [-0.1, -0.05) is 90.8 Å². The Bertz CT molecular complexity index is 3110. The van der Waals surface area contributed by atoms with E-state index in [1.807, 2.05) is 52.8 Å². The number of unbranched alkanes of at least 4 members (excludes halogenated alkanes) is 1. The van der Waals surface area contributed by atoms with E-state index in [4.69, 9.17) is 46.0 Å². The Balaban J connectivity index is 1.15. The number of nitrogens with two attached hydrogens (primary N) is 1. The fourth-order valence-electron chi connectivity index (χ4n) is 11.2. The summed E-state index contributed by atoms with van der Waals surface area (Å²) in [5, 5.41) is 21.5. The second kappa shape index (κ2) is 29.9. The van der Waals surface area contributed by atoms with Gasteiger partial charge < -0.3 is 50.1 Å². The van der Waals surface area contributed by atoms with Crippen molar-refractivity contribution in [1.82, 2.24) is 15.6 Å². The molecule has 9 atom stereocenters. The van der Waals surface area contributed by atoms with Gasteiger partial charge in [-0.25, -0.2) is 14.4 Å². The molecule has 2 saturated heterocycles. The van der Waals surface area contributed by atoms with Crippen LogP contribution in [0.15, 0.2) is 78.4 Å². The van der Waals surface area contributed by atoms with Crippen LogP contribution >= 0.6 is 27.5 Å². The molecule has 3 aliphatic rings. The van der Waals surface area contributed by atoms with E-state index in [0.717, 1.165) is 16.7 Å². The monoisotopic (exact) mass is 1270 g/mol. The number of primary amides is 1. The Morgan fingerprint density at radius 3 is 2.48 bits per heavy atom. The number of aromatic nitrogens is 1. The largest absolute Gasteiger partial charge is 0.462 e. The van der Waals surface area contributed by atoms with Gasteiger partial charge in [-0.15, -0.1) is 0 Å². The van der Waals surface area contributed by atoms with Crippen LogP contribution in [0.25, 0.3) is 10.9 Å². The van der Waals surface area contributed by atoms with Gasteiger partial charge in [0.25, 0.3) is 0 Å². The van der Waals surface area contributed by atoms with Gasteiger partial charge in [-0.2, -0.15) is 0 Å². The number of halogens is 2. The number of ketones is 2. The lowest BCUT2D eigenvalue weighted by Crippen LogP contribution is -2.53. The number of esters is 2. The number of hydrogen-bond donors (Lipinski definition) is 5. The smallest absolute Gasteiger partial charge is 0.412 e. The minimum absolute atomic E-state index is 0.0223. The lowest BCUT2D eigenvalue weighted by molar-refractivity contribution is -0.187. The summed E-state index contributed by atoms with van der Waals surface area (Å²) < 4.78 is 29.7. The van der Waals surface area contributed by atoms with Crippen molar-refractivity contribution in [1.29, 1.82) is 0 Å². The molecule has 0 aliphatic carbocycles. The SMILES string of the molecule is C=C(CBr)C(=O)OC(C)(C)CCCCC(=O)C[C@H](C(=O)N[C@@H](CCCNC(N)=O)C(=O)Cc1ccc2cc(NC(=O)O[C@H]3CC(=O)N(C)c4cc(cc(C)c4Cl)C/C(C)=C/C=C/[C@@H](OC)[C@]4(O)CC(=O)O[C@@H](C4)[C@@H](C)[C@@H]4O[C@@]34C)ccc2n1)C(C)C. The predicted octanol–water partition coefficient (Wildman–Crippen LogP) is 9.58. The molecular weight excluding hydrogens is 1190 g/mol. The van der Waals surface area contributed by atoms with Crippen LogP contribution in [-0.4, -0.2) is 131 Å². The van der Waals surface area contributed by atoms with Gasteiger partial charge in [0.05, 0.1) is 47.6 Å². The van der Waals surface area contributed by atoms with E-state index >= 15 is 0 Å². The number of alkyl halides is 1. The van der Waals surface area contributed by atoms with Gasteiger partial charge in [0.15, 0.2) is 5.78 Å². The molecule has 4 bridgehead atoms. The van der Waals surface area contributed by atoms with E-state index < -0.39 is 95.0 Å². The van der Waals surface area contributed by atoms with Crippen LogP contribution in [-0.2, 0) is 65.3 Å². The Hall–Kier alpha value is -6.52. The van der Waals surface area contributed by atoms with Gasteiger partial charge in [0.2, 0.25) is 11.8 Å². The maximum absolute atomic E-state index is 14.4. The van der Waals surface area contributed by atoms with Gasteiger partial charge >= 0.3 is 24.1 Å². The molecule has 3 aromatic rings. The van der Waals surface area contributed by atoms with Crippen molar-refractivity contribution in [3.63, 3.8) is 0 Å². The van der Waals surface area contributed by atoms with Crippen molar-refractivity contribution < 1.29 is 67.1 Å². The van der Waals surface area contributed by atoms with Crippen LogP contribution in [0.2, 0.25) is 5.02 Å². The molecular formula is C64H84BrClN6O14. The first-order valence-corrected chi connectivity index (χ1v) is 30.7. The predicted molar refractivity (Wildman–Crippen MR) is 331 cm³/mol. The van der Waals surface area contributed by atoms with Gasteiger partial charge in [0, 0.05) is 79.5 Å². The highest BCUT2D eigenvalue weighted by molar-refractivity contribution is 9.09. The Kier molecular flexibility index (Phi) is 23.9. The third-order valence-electron chi connectivity index (χ3n) is 16.4. The zero-order chi connectivity index (χ0) is 63.4. The van der Waals surface area contributed by atoms with Crippen LogP contribution in [0.1, 0.15) is 129 Å². The normalized spacial score (nSPS) is 24.2. The number of aliphatic hydroxyl groups is 1. The Morgan fingerprint density at radius 1 is 1.06 bits per heavy atom. The summed E-state index contributed by atoms with van der Waals surface area (Å²) in [6.45, 7) is 18.5. The summed E-state index contributed by atoms with van der Waals surface area (Å²) in [6.07, 6.45) is 2.97. The van der Waals surface area contributed by atoms with Crippen LogP contribution in [0.3, 0.4) is 0 Å². The van der Waals surface area contributed by atoms with E-state index in [2.05, 4.69) is 38.5 Å². The topological polar surface area (TPSA) is 284 Å². The second-order valence-electron chi connectivity index (χ2n) is 24.3. The van der Waals surface area contributed by atoms with Crippen molar-refractivity contribution in [2.45, 2.75) is 180 Å². The highest BCUT2D eigenvalue weighted by atomic mass is 79.9. The summed E-state index contributed by atoms with van der Waals surface area (Å²) in [7, 11) is 3.07. The molecule has 0 saturated carbocycles. The average Bonchev–Trinajstić information content (AvgIpc) is 1.66. The molecule has 5 amide bonds. The number of nitrogens with zero attached hydrogens (tertiary/aromatic N) is 2. The lowest BCUT2D eigenvalue weighted by Gasteiger charge is -2.41. The number of carbonyl (C=O) groups is 8. The van der Waals surface area contributed by atoms with Crippen molar-refractivity contribution in [3.05, 3.63) is 100 Å². The molecule has 0 radical (unpaired) electrons. The number of allylic oxidation sites excluding steroid dienone is 3. The molecule has 1 aromatic heterocycles. The summed E-state index contributed by atoms with van der Waals surface area (Å²) in [5.41, 5.74) is 6.22. The third-order valence-corrected chi connectivity index (χ3v) is 17.5. The van der Waals surface area contributed by atoms with E-state index in [9.17, 15) is 43.5 Å². The maximum Gasteiger partial charge on any atom is 0.412 e. The fraction of sp³-hybridized carbons (Fsp3) is 0.547. The highest BCUT2D eigenvalue weighted by Gasteiger charge is 2.64. The summed E-state index contributed by atoms with van der Waals surface area (Å²) in [4.78, 5) is 113. The average molecular weight is 1280 g/mol. The molecule has 3 aliphatic heterocycles. The van der Waals surface area contributed by atoms with E-state index in [-0.39, 0.29) is 69.0 Å². The number of methoxy groups -OCH3 is 1. The van der Waals surface area contributed by atoms with Gasteiger partial charge in [-0.05, 0) is 121 Å². The van der Waals surface area contributed by atoms with Crippen LogP contribution in [0, 0.1) is 24.7 Å². The molecule has 6 N–H and O–H groups in total. The molecule has 2 fully saturated rings. The number of hydrogen-bond acceptors (Lipinski definition) is 15. The van der Waals surface area contributed by atoms with E-state index in [1.54, 1.807) is 70.3 Å². The number of aryl methyl sites for hydroxylation is 1. The molecule has 4 heterocycles. The van der Waals surface area contributed by atoms with Crippen molar-refractivity contribution in [2.24, 2.45) is 23.5 Å². The number of urea groups is 1. The number of anilines is 2. The van der Waals surface area contributed by atoms with Crippen LogP contribution < -0.4 is 26.6 Å². The Labute approximate surface area is 517 Å². The molecule has 0 unspecified atom stereocenters. The molecule has 20 nitrogen and oxygen atoms in total. The standard InChI is InChI=1S/C64H84BrClN6O14/c1-36(2)46(31-45(73)17-12-13-24-62(7,8)86-59(78)39(5)35-65)58(77)71-48(18-15-25-68-60(67)79)50(74)30-44-21-20-42-29-43(22-23-47(42)69-44)70-61(80)84-53-32-54(75)72(10)49-28-41(27-38(4)56(49)66)26-37(3)16-14-19-52(82-11)64(81)33-51(83-55(76)34-64)40(6)57-63(53,9)85-57/h14,16,19-23,27-29,36,40,46,48,51-53,57,81H,5,12-13,15,17-18,24-26,30-35H2,1-4,6-11H3,(H,70,80)(H,71,77)(H3,67,68,79)/b19-14+,37-16+/t40-,46+,48+,51+,52-,53+,57+,63+,64-/m1/s1. The second-order valence-corrected chi connectivity index (χ2v) is 25.2. The number of epoxide rings is 1. The molecule has 0 spiro atoms. The number of fused-ring (bicyclic) bond motifs is 6. The zero-order valence-corrected chi connectivity index (χ0v) is 53.3. The molecule has 468 valence electrons. The molecule has 6 rings (SSSR count). The van der Waals surface area contributed by atoms with Crippen LogP contribution in [0.4, 0.5) is 21.0 Å². The number of ether oxygens (including phenoxy) is 5. The zero-order valence-electron chi connectivity index (χ0n) is 51.0. The number of nitrogens with one attached hydrogen (secondary N) is 3. The van der Waals surface area contributed by atoms with Crippen molar-refractivity contribution in [3.8, 4) is 0 Å². The Morgan fingerprint density at radius 2 is 1.79 bits per heavy atom. The molecule has 2 aromatic carbocycles. The van der Waals surface area contributed by atoms with Crippen LogP contribution in [0.5, 0.6) is 0 Å². The summed E-state index contributed by atoms with van der Waals surface area (Å²) in [6, 6.07) is 10.4. The van der Waals surface area contributed by atoms with Gasteiger partial charge in [-0.3, -0.25) is 34.3 Å². The number of Topliss-reactive ketones (excluding diaryl/α,β-unsaturated/α-hetero) is 2. The highest BCUT2D eigenvalue weighted by Crippen LogP contribution is 2.50. The van der Waals surface area contributed by atoms with E-state index in [0.29, 0.717) is 76.0 Å². The summed E-state index contributed by atoms with van der Waals surface area (Å²) in [5.74, 6) is -3.95. The maximum atomic E-state index is 14.4. The van der Waals surface area contributed by atoms with Crippen molar-refractivity contribution >= 4 is 97.3 Å². The molecule has 86 heavy (non-hydrogen) atoms. The lowest BCUT2D eigenvalue weighted by atomic mass is 9.78. The van der Waals surface area contributed by atoms with Crippen molar-refractivity contribution in [2.75, 3.05) is 36.2 Å². The first-order valence-electron chi connectivity index (χ1n) is 29.2. The number of amides is 5. The first-order chi connectivity index (χ1) is 40.5. The quantitative estimate of drug-likeness (QED) is 0.0148. The fourth-order valence-corrected chi connectivity index (χ4v) is 11.7. The minimum atomic E-state index is -1.62. The summed E-state index contributed by atoms with van der Waals surface area (Å²) >= 11 is 10.1. The first kappa shape index (κ1) is 68.6. The third kappa shape index (κ3) is 18.5. The van der Waals surface area contributed by atoms with E-state index in [1.165, 1.54) is 12.0 Å². The number of benzene rings is 2. The molecule has 22 heteroatoms. The number of rotatable bonds is 23. The van der Waals surface area contributed by atoms with Gasteiger partial charge in [0.1, 0.15) is 40.9 Å². The minimum Gasteiger partial charge on any atom is -0.462 e. The number of carbonyl (C=O) groups excluding carboxylic acids is 8. The number of pyridine rings is 1.